The molecule has 0 atom stereocenters. The molecular formula is C26H29N6OS+. The standard InChI is InChI=1S/C26H28N6OS/c1-20-5-3-4-6-24(20)32-25(21-11-13-27-14-12-21)28-31(26(32)34)19-29-15-17-30(18-16-29)22-7-9-23(33-2)10-8-22/h3-14H,15-19H2,1-2H3/p+1. The topological polar surface area (TPSA) is 52.6 Å². The monoisotopic (exact) mass is 473 g/mol. The van der Waals surface area contributed by atoms with Crippen molar-refractivity contribution in [2.75, 3.05) is 38.2 Å². The van der Waals surface area contributed by atoms with Crippen molar-refractivity contribution in [2.45, 2.75) is 13.6 Å². The van der Waals surface area contributed by atoms with Gasteiger partial charge in [0.2, 0.25) is 4.77 Å². The lowest BCUT2D eigenvalue weighted by molar-refractivity contribution is -0.924. The first-order valence-corrected chi connectivity index (χ1v) is 11.9. The Bertz CT molecular complexity index is 1310. The van der Waals surface area contributed by atoms with E-state index in [-0.39, 0.29) is 0 Å². The minimum absolute atomic E-state index is 0.714. The van der Waals surface area contributed by atoms with Gasteiger partial charge in [-0.25, -0.2) is 0 Å². The lowest BCUT2D eigenvalue weighted by Crippen LogP contribution is -3.14. The first kappa shape index (κ1) is 22.3. The van der Waals surface area contributed by atoms with Gasteiger partial charge >= 0.3 is 0 Å². The van der Waals surface area contributed by atoms with Crippen LogP contribution in [0.15, 0.2) is 73.1 Å². The van der Waals surface area contributed by atoms with Crippen molar-refractivity contribution in [1.82, 2.24) is 19.3 Å². The van der Waals surface area contributed by atoms with E-state index >= 15 is 0 Å². The fourth-order valence-electron chi connectivity index (χ4n) is 4.47. The molecule has 34 heavy (non-hydrogen) atoms. The van der Waals surface area contributed by atoms with Gasteiger partial charge in [0.25, 0.3) is 0 Å². The number of methoxy groups -OCH3 is 1. The summed E-state index contributed by atoms with van der Waals surface area (Å²) in [4.78, 5) is 8.07. The number of rotatable bonds is 6. The second-order valence-corrected chi connectivity index (χ2v) is 8.92. The quantitative estimate of drug-likeness (QED) is 0.436. The Kier molecular flexibility index (Phi) is 6.42. The average molecular weight is 474 g/mol. The van der Waals surface area contributed by atoms with Crippen LogP contribution in [0.2, 0.25) is 0 Å². The maximum absolute atomic E-state index is 5.96. The fraction of sp³-hybridized carbons (Fsp3) is 0.269. The number of aromatic nitrogens is 4. The number of aryl methyl sites for hydroxylation is 1. The van der Waals surface area contributed by atoms with Crippen molar-refractivity contribution in [3.8, 4) is 22.8 Å². The molecule has 1 aliphatic heterocycles. The number of nitrogens with zero attached hydrogens (tertiary/aromatic N) is 5. The van der Waals surface area contributed by atoms with E-state index < -0.39 is 0 Å². The lowest BCUT2D eigenvalue weighted by atomic mass is 10.2. The van der Waals surface area contributed by atoms with Crippen LogP contribution in [0.5, 0.6) is 5.75 Å². The summed E-state index contributed by atoms with van der Waals surface area (Å²) in [7, 11) is 1.70. The third-order valence-electron chi connectivity index (χ3n) is 6.42. The van der Waals surface area contributed by atoms with Gasteiger partial charge in [-0.2, -0.15) is 4.68 Å². The first-order valence-electron chi connectivity index (χ1n) is 11.5. The van der Waals surface area contributed by atoms with Gasteiger partial charge in [-0.05, 0) is 67.2 Å². The van der Waals surface area contributed by atoms with Gasteiger partial charge in [0.15, 0.2) is 12.5 Å². The Labute approximate surface area is 204 Å². The smallest absolute Gasteiger partial charge is 0.207 e. The van der Waals surface area contributed by atoms with Crippen LogP contribution in [-0.2, 0) is 6.67 Å². The Balaban J connectivity index is 1.38. The highest BCUT2D eigenvalue weighted by Crippen LogP contribution is 2.24. The molecule has 2 aromatic heterocycles. The summed E-state index contributed by atoms with van der Waals surface area (Å²) in [5.74, 6) is 1.73. The second-order valence-electron chi connectivity index (χ2n) is 8.56. The summed E-state index contributed by atoms with van der Waals surface area (Å²) in [6.45, 7) is 6.88. The van der Waals surface area contributed by atoms with Crippen molar-refractivity contribution in [1.29, 1.82) is 0 Å². The number of benzene rings is 2. The zero-order valence-corrected chi connectivity index (χ0v) is 20.3. The van der Waals surface area contributed by atoms with Crippen LogP contribution in [0.3, 0.4) is 0 Å². The summed E-state index contributed by atoms with van der Waals surface area (Å²) in [5.41, 5.74) is 4.46. The maximum atomic E-state index is 5.96. The van der Waals surface area contributed by atoms with E-state index in [0.29, 0.717) is 4.77 Å². The zero-order valence-electron chi connectivity index (χ0n) is 19.5. The molecule has 2 aromatic carbocycles. The van der Waals surface area contributed by atoms with E-state index in [2.05, 4.69) is 45.6 Å². The van der Waals surface area contributed by atoms with E-state index in [1.165, 1.54) is 10.6 Å². The molecule has 0 bridgehead atoms. The molecule has 0 amide bonds. The summed E-state index contributed by atoms with van der Waals surface area (Å²) in [6, 6.07) is 20.6. The molecule has 1 aliphatic rings. The molecule has 1 fully saturated rings. The van der Waals surface area contributed by atoms with E-state index in [0.717, 1.165) is 61.2 Å². The molecule has 0 aliphatic carbocycles. The molecule has 0 spiro atoms. The summed E-state index contributed by atoms with van der Waals surface area (Å²) >= 11 is 5.96. The number of ether oxygens (including phenoxy) is 1. The predicted molar refractivity (Wildman–Crippen MR) is 136 cm³/mol. The molecule has 1 N–H and O–H groups in total. The fourth-order valence-corrected chi connectivity index (χ4v) is 4.76. The molecule has 8 heteroatoms. The Morgan fingerprint density at radius 3 is 2.35 bits per heavy atom. The van der Waals surface area contributed by atoms with E-state index in [1.807, 2.05) is 41.1 Å². The van der Waals surface area contributed by atoms with Crippen LogP contribution in [0.25, 0.3) is 17.1 Å². The van der Waals surface area contributed by atoms with Crippen LogP contribution < -0.4 is 14.5 Å². The lowest BCUT2D eigenvalue weighted by Gasteiger charge is -2.33. The van der Waals surface area contributed by atoms with Crippen molar-refractivity contribution in [3.05, 3.63) is 83.4 Å². The third-order valence-corrected chi connectivity index (χ3v) is 6.81. The molecule has 7 nitrogen and oxygen atoms in total. The molecule has 0 unspecified atom stereocenters. The molecule has 5 rings (SSSR count). The number of nitrogens with one attached hydrogen (secondary N) is 1. The zero-order chi connectivity index (χ0) is 23.5. The van der Waals surface area contributed by atoms with Gasteiger partial charge in [-0.3, -0.25) is 9.55 Å². The minimum atomic E-state index is 0.714. The summed E-state index contributed by atoms with van der Waals surface area (Å²) < 4.78 is 10.1. The largest absolute Gasteiger partial charge is 0.497 e. The van der Waals surface area contributed by atoms with Crippen molar-refractivity contribution >= 4 is 17.9 Å². The normalized spacial score (nSPS) is 14.4. The second kappa shape index (κ2) is 9.79. The third kappa shape index (κ3) is 4.47. The number of hydrogen-bond donors (Lipinski definition) is 1. The van der Waals surface area contributed by atoms with Crippen molar-refractivity contribution in [3.63, 3.8) is 0 Å². The number of anilines is 1. The van der Waals surface area contributed by atoms with Crippen LogP contribution in [0.4, 0.5) is 5.69 Å². The van der Waals surface area contributed by atoms with Crippen LogP contribution in [-0.4, -0.2) is 52.6 Å². The van der Waals surface area contributed by atoms with Crippen molar-refractivity contribution < 1.29 is 9.64 Å². The van der Waals surface area contributed by atoms with Crippen LogP contribution in [0, 0.1) is 11.7 Å². The van der Waals surface area contributed by atoms with Gasteiger partial charge in [0.05, 0.1) is 39.0 Å². The number of pyridine rings is 1. The minimum Gasteiger partial charge on any atom is -0.497 e. The number of hydrogen-bond acceptors (Lipinski definition) is 5. The molecular weight excluding hydrogens is 444 g/mol. The number of para-hydroxylation sites is 1. The Morgan fingerprint density at radius 1 is 0.971 bits per heavy atom. The Hall–Kier alpha value is -3.49. The maximum Gasteiger partial charge on any atom is 0.207 e. The molecule has 174 valence electrons. The average Bonchev–Trinajstić information content (AvgIpc) is 3.21. The van der Waals surface area contributed by atoms with Gasteiger partial charge in [-0.1, -0.05) is 18.2 Å². The predicted octanol–water partition coefficient (Wildman–Crippen LogP) is 3.14. The number of piperazine rings is 1. The molecule has 0 saturated carbocycles. The molecule has 1 saturated heterocycles. The van der Waals surface area contributed by atoms with Crippen LogP contribution >= 0.6 is 12.2 Å². The van der Waals surface area contributed by atoms with E-state index in [9.17, 15) is 0 Å². The molecule has 0 radical (unpaired) electrons. The SMILES string of the molecule is COc1ccc(N2CC[NH+](Cn3nc(-c4ccncc4)n(-c4ccccc4C)c3=S)CC2)cc1. The first-order chi connectivity index (χ1) is 16.6. The highest BCUT2D eigenvalue weighted by Gasteiger charge is 2.23. The summed E-state index contributed by atoms with van der Waals surface area (Å²) in [5, 5.41) is 4.99. The van der Waals surface area contributed by atoms with E-state index in [1.54, 1.807) is 19.5 Å². The highest BCUT2D eigenvalue weighted by atomic mass is 32.1. The number of quaternary nitrogens is 1. The Morgan fingerprint density at radius 2 is 1.68 bits per heavy atom. The molecule has 4 aromatic rings. The van der Waals surface area contributed by atoms with Gasteiger partial charge in [0.1, 0.15) is 5.75 Å². The van der Waals surface area contributed by atoms with E-state index in [4.69, 9.17) is 22.1 Å². The highest BCUT2D eigenvalue weighted by molar-refractivity contribution is 7.71. The van der Waals surface area contributed by atoms with Gasteiger partial charge in [0, 0.05) is 23.6 Å². The van der Waals surface area contributed by atoms with Gasteiger partial charge in [-0.15, -0.1) is 5.10 Å². The van der Waals surface area contributed by atoms with Crippen molar-refractivity contribution in [2.24, 2.45) is 0 Å². The van der Waals surface area contributed by atoms with Gasteiger partial charge < -0.3 is 14.5 Å². The summed E-state index contributed by atoms with van der Waals surface area (Å²) in [6.07, 6.45) is 3.59. The molecule has 3 heterocycles. The van der Waals surface area contributed by atoms with Crippen LogP contribution in [0.1, 0.15) is 5.56 Å².